The number of aliphatic hydroxyl groups excluding tert-OH is 1. The highest BCUT2D eigenvalue weighted by Crippen LogP contribution is 2.55. The Labute approximate surface area is 75.2 Å². The summed E-state index contributed by atoms with van der Waals surface area (Å²) in [7, 11) is 0. The summed E-state index contributed by atoms with van der Waals surface area (Å²) in [6.07, 6.45) is 3.90. The molecule has 2 aliphatic carbocycles. The molecule has 0 aliphatic heterocycles. The topological polar surface area (TPSA) is 20.2 Å². The minimum absolute atomic E-state index is 0.398. The molecule has 2 bridgehead atoms. The first kappa shape index (κ1) is 8.55. The average Bonchev–Trinajstić information content (AvgIpc) is 2.55. The van der Waals surface area contributed by atoms with Gasteiger partial charge in [-0.15, -0.1) is 0 Å². The SMILES string of the molecule is CC1C2CC(CCO)C(C2)C1C. The van der Waals surface area contributed by atoms with Crippen LogP contribution < -0.4 is 0 Å². The van der Waals surface area contributed by atoms with Crippen LogP contribution in [0.4, 0.5) is 0 Å². The van der Waals surface area contributed by atoms with E-state index in [9.17, 15) is 0 Å². The van der Waals surface area contributed by atoms with Gasteiger partial charge in [0.15, 0.2) is 0 Å². The summed E-state index contributed by atoms with van der Waals surface area (Å²) in [6, 6.07) is 0. The van der Waals surface area contributed by atoms with Crippen LogP contribution in [0.3, 0.4) is 0 Å². The lowest BCUT2D eigenvalue weighted by Gasteiger charge is -2.31. The van der Waals surface area contributed by atoms with Gasteiger partial charge in [0.25, 0.3) is 0 Å². The summed E-state index contributed by atoms with van der Waals surface area (Å²) in [5.74, 6) is 4.65. The van der Waals surface area contributed by atoms with Gasteiger partial charge in [-0.1, -0.05) is 13.8 Å². The van der Waals surface area contributed by atoms with Crippen molar-refractivity contribution in [3.8, 4) is 0 Å². The van der Waals surface area contributed by atoms with Crippen molar-refractivity contribution in [2.75, 3.05) is 6.61 Å². The van der Waals surface area contributed by atoms with E-state index >= 15 is 0 Å². The summed E-state index contributed by atoms with van der Waals surface area (Å²) in [5.41, 5.74) is 0. The molecule has 0 heterocycles. The predicted molar refractivity (Wildman–Crippen MR) is 49.7 cm³/mol. The third kappa shape index (κ3) is 1.10. The van der Waals surface area contributed by atoms with Crippen molar-refractivity contribution < 1.29 is 5.11 Å². The third-order valence-electron chi connectivity index (χ3n) is 4.53. The van der Waals surface area contributed by atoms with Crippen molar-refractivity contribution in [3.05, 3.63) is 0 Å². The van der Waals surface area contributed by atoms with Gasteiger partial charge < -0.3 is 5.11 Å². The molecule has 5 unspecified atom stereocenters. The maximum atomic E-state index is 8.91. The maximum Gasteiger partial charge on any atom is 0.0433 e. The summed E-state index contributed by atoms with van der Waals surface area (Å²) < 4.78 is 0. The Morgan fingerprint density at radius 3 is 2.42 bits per heavy atom. The van der Waals surface area contributed by atoms with Crippen molar-refractivity contribution in [1.29, 1.82) is 0 Å². The van der Waals surface area contributed by atoms with Gasteiger partial charge in [0.2, 0.25) is 0 Å². The molecule has 1 N–H and O–H groups in total. The van der Waals surface area contributed by atoms with Crippen LogP contribution in [-0.4, -0.2) is 11.7 Å². The summed E-state index contributed by atoms with van der Waals surface area (Å²) in [6.45, 7) is 5.21. The highest BCUT2D eigenvalue weighted by Gasteiger charge is 2.47. The maximum absolute atomic E-state index is 8.91. The highest BCUT2D eigenvalue weighted by atomic mass is 16.3. The Bertz CT molecular complexity index is 164. The summed E-state index contributed by atoms with van der Waals surface area (Å²) in [4.78, 5) is 0. The lowest BCUT2D eigenvalue weighted by Crippen LogP contribution is -2.24. The van der Waals surface area contributed by atoms with Crippen LogP contribution in [-0.2, 0) is 0 Å². The van der Waals surface area contributed by atoms with E-state index in [-0.39, 0.29) is 0 Å². The molecule has 2 aliphatic rings. The van der Waals surface area contributed by atoms with Crippen LogP contribution in [0.2, 0.25) is 0 Å². The predicted octanol–water partition coefficient (Wildman–Crippen LogP) is 2.30. The number of hydrogen-bond acceptors (Lipinski definition) is 1. The molecule has 2 rings (SSSR count). The molecule has 0 aromatic rings. The quantitative estimate of drug-likeness (QED) is 0.670. The van der Waals surface area contributed by atoms with Gasteiger partial charge in [0.1, 0.15) is 0 Å². The Balaban J connectivity index is 2.00. The van der Waals surface area contributed by atoms with E-state index in [0.717, 1.165) is 36.0 Å². The van der Waals surface area contributed by atoms with Crippen LogP contribution in [0.1, 0.15) is 33.1 Å². The molecule has 0 spiro atoms. The molecule has 5 atom stereocenters. The lowest BCUT2D eigenvalue weighted by molar-refractivity contribution is 0.154. The van der Waals surface area contributed by atoms with Crippen LogP contribution in [0, 0.1) is 29.6 Å². The van der Waals surface area contributed by atoms with Crippen molar-refractivity contribution in [2.45, 2.75) is 33.1 Å². The molecule has 2 saturated carbocycles. The standard InChI is InChI=1S/C11H20O/c1-7-8(2)11-6-10(7)5-9(11)3-4-12/h7-12H,3-6H2,1-2H3. The van der Waals surface area contributed by atoms with E-state index in [2.05, 4.69) is 13.8 Å². The van der Waals surface area contributed by atoms with Crippen molar-refractivity contribution in [3.63, 3.8) is 0 Å². The Morgan fingerprint density at radius 2 is 1.92 bits per heavy atom. The van der Waals surface area contributed by atoms with E-state index in [1.54, 1.807) is 0 Å². The monoisotopic (exact) mass is 168 g/mol. The second-order valence-corrected chi connectivity index (χ2v) is 4.89. The second-order valence-electron chi connectivity index (χ2n) is 4.89. The van der Waals surface area contributed by atoms with Gasteiger partial charge in [0.05, 0.1) is 0 Å². The molecule has 0 aromatic carbocycles. The first-order chi connectivity index (χ1) is 5.74. The van der Waals surface area contributed by atoms with Gasteiger partial charge in [0, 0.05) is 6.61 Å². The molecular weight excluding hydrogens is 148 g/mol. The molecule has 12 heavy (non-hydrogen) atoms. The molecule has 70 valence electrons. The smallest absolute Gasteiger partial charge is 0.0433 e. The van der Waals surface area contributed by atoms with Crippen LogP contribution in [0.15, 0.2) is 0 Å². The van der Waals surface area contributed by atoms with E-state index in [4.69, 9.17) is 5.11 Å². The average molecular weight is 168 g/mol. The molecule has 0 radical (unpaired) electrons. The zero-order valence-corrected chi connectivity index (χ0v) is 8.16. The van der Waals surface area contributed by atoms with Crippen molar-refractivity contribution in [1.82, 2.24) is 0 Å². The van der Waals surface area contributed by atoms with Crippen LogP contribution in [0.25, 0.3) is 0 Å². The van der Waals surface area contributed by atoms with Gasteiger partial charge in [-0.2, -0.15) is 0 Å². The minimum Gasteiger partial charge on any atom is -0.396 e. The second kappa shape index (κ2) is 3.02. The number of fused-ring (bicyclic) bond motifs is 2. The van der Waals surface area contributed by atoms with Crippen LogP contribution >= 0.6 is 0 Å². The molecule has 1 nitrogen and oxygen atoms in total. The van der Waals surface area contributed by atoms with Gasteiger partial charge >= 0.3 is 0 Å². The minimum atomic E-state index is 0.398. The third-order valence-corrected chi connectivity index (χ3v) is 4.53. The molecule has 0 amide bonds. The van der Waals surface area contributed by atoms with Crippen LogP contribution in [0.5, 0.6) is 0 Å². The first-order valence-electron chi connectivity index (χ1n) is 5.35. The Hall–Kier alpha value is -0.0400. The molecule has 1 heteroatoms. The van der Waals surface area contributed by atoms with Crippen molar-refractivity contribution >= 4 is 0 Å². The van der Waals surface area contributed by atoms with Gasteiger partial charge in [-0.25, -0.2) is 0 Å². The molecule has 0 aromatic heterocycles. The van der Waals surface area contributed by atoms with E-state index in [1.165, 1.54) is 12.8 Å². The van der Waals surface area contributed by atoms with E-state index in [1.807, 2.05) is 0 Å². The largest absolute Gasteiger partial charge is 0.396 e. The van der Waals surface area contributed by atoms with Gasteiger partial charge in [-0.3, -0.25) is 0 Å². The summed E-state index contributed by atoms with van der Waals surface area (Å²) >= 11 is 0. The fourth-order valence-corrected chi connectivity index (χ4v) is 3.59. The molecule has 0 saturated heterocycles. The molecular formula is C11H20O. The summed E-state index contributed by atoms with van der Waals surface area (Å²) in [5, 5.41) is 8.91. The molecule has 2 fully saturated rings. The number of hydrogen-bond donors (Lipinski definition) is 1. The lowest BCUT2D eigenvalue weighted by atomic mass is 9.75. The number of rotatable bonds is 2. The van der Waals surface area contributed by atoms with Gasteiger partial charge in [-0.05, 0) is 48.9 Å². The van der Waals surface area contributed by atoms with E-state index in [0.29, 0.717) is 6.61 Å². The fraction of sp³-hybridized carbons (Fsp3) is 1.00. The van der Waals surface area contributed by atoms with E-state index < -0.39 is 0 Å². The normalized spacial score (nSPS) is 51.8. The number of aliphatic hydroxyl groups is 1. The Morgan fingerprint density at radius 1 is 1.17 bits per heavy atom. The Kier molecular flexibility index (Phi) is 2.16. The fourth-order valence-electron chi connectivity index (χ4n) is 3.59. The highest BCUT2D eigenvalue weighted by molar-refractivity contribution is 4.97. The van der Waals surface area contributed by atoms with Crippen molar-refractivity contribution in [2.24, 2.45) is 29.6 Å². The zero-order chi connectivity index (χ0) is 8.72. The first-order valence-corrected chi connectivity index (χ1v) is 5.35. The zero-order valence-electron chi connectivity index (χ0n) is 8.16.